The number of hydrogen-bond donors (Lipinski definition) is 2. The van der Waals surface area contributed by atoms with Gasteiger partial charge in [0, 0.05) is 10.9 Å². The summed E-state index contributed by atoms with van der Waals surface area (Å²) in [5.41, 5.74) is 1.09. The van der Waals surface area contributed by atoms with E-state index in [1.807, 2.05) is 6.29 Å². The van der Waals surface area contributed by atoms with Crippen molar-refractivity contribution in [2.75, 3.05) is 16.4 Å². The number of aromatic nitrogens is 2. The van der Waals surface area contributed by atoms with E-state index >= 15 is 4.39 Å². The first-order chi connectivity index (χ1) is 21.7. The van der Waals surface area contributed by atoms with Crippen LogP contribution in [0.4, 0.5) is 20.0 Å². The first-order valence-corrected chi connectivity index (χ1v) is 17.0. The molecule has 0 fully saturated rings. The number of halogens is 2. The van der Waals surface area contributed by atoms with Gasteiger partial charge < -0.3 is 33.9 Å². The molecule has 0 saturated carbocycles. The number of ether oxygens (including phenoxy) is 2. The van der Waals surface area contributed by atoms with E-state index in [4.69, 9.17) is 21.1 Å². The van der Waals surface area contributed by atoms with Crippen LogP contribution < -0.4 is 29.5 Å². The van der Waals surface area contributed by atoms with Crippen LogP contribution in [0.25, 0.3) is 32.1 Å². The third-order valence-corrected chi connectivity index (χ3v) is 10.1. The van der Waals surface area contributed by atoms with Gasteiger partial charge in [0.25, 0.3) is 0 Å². The zero-order valence-electron chi connectivity index (χ0n) is 27.3. The van der Waals surface area contributed by atoms with Crippen LogP contribution in [0, 0.1) is 31.5 Å². The quantitative estimate of drug-likeness (QED) is 0.146. The number of carbonyl (C=O) groups is 1. The summed E-state index contributed by atoms with van der Waals surface area (Å²) in [5, 5.41) is 15.9. The number of rotatable bonds is 9. The minimum absolute atomic E-state index is 0. The largest absolute Gasteiger partial charge is 1.00 e. The van der Waals surface area contributed by atoms with E-state index < -0.39 is 38.5 Å². The summed E-state index contributed by atoms with van der Waals surface area (Å²) in [7, 11) is -3.95. The molecule has 1 aliphatic heterocycles. The Morgan fingerprint density at radius 3 is 2.56 bits per heavy atom. The number of sulfone groups is 1. The summed E-state index contributed by atoms with van der Waals surface area (Å²) in [5.74, 6) is -0.866. The molecule has 0 aliphatic carbocycles. The van der Waals surface area contributed by atoms with Crippen molar-refractivity contribution < 1.29 is 50.7 Å². The number of hydrogen-bond acceptors (Lipinski definition) is 11. The molecule has 0 bridgehead atoms. The molecule has 11 nitrogen and oxygen atoms in total. The maximum atomic E-state index is 15.3. The number of carbonyl (C=O) groups excluding carboxylic acids is 2. The Morgan fingerprint density at radius 1 is 1.27 bits per heavy atom. The number of nitrogens with zero attached hydrogens (tertiary/aromatic N) is 3. The van der Waals surface area contributed by atoms with Gasteiger partial charge in [-0.05, 0) is 43.5 Å². The van der Waals surface area contributed by atoms with Crippen LogP contribution in [0.5, 0.6) is 0 Å². The van der Waals surface area contributed by atoms with Crippen LogP contribution in [0.1, 0.15) is 57.2 Å². The number of fused-ring (bicyclic) bond motifs is 4. The van der Waals surface area contributed by atoms with Crippen LogP contribution in [0.3, 0.4) is 0 Å². The predicted octanol–water partition coefficient (Wildman–Crippen LogP) is 4.31. The first-order valence-electron chi connectivity index (χ1n) is 14.2. The smallest absolute Gasteiger partial charge is 0.540 e. The van der Waals surface area contributed by atoms with Crippen molar-refractivity contribution in [3.8, 4) is 17.2 Å². The Balaban J connectivity index is 0.00000312. The fourth-order valence-corrected chi connectivity index (χ4v) is 7.31. The Kier molecular flexibility index (Phi) is 12.3. The van der Waals surface area contributed by atoms with Crippen LogP contribution in [-0.4, -0.2) is 48.2 Å². The van der Waals surface area contributed by atoms with E-state index in [0.29, 0.717) is 40.5 Å². The molecule has 2 N–H and O–H groups in total. The Hall–Kier alpha value is -3.30. The molecule has 48 heavy (non-hydrogen) atoms. The summed E-state index contributed by atoms with van der Waals surface area (Å²) in [6.07, 6.45) is 1.78. The van der Waals surface area contributed by atoms with E-state index in [2.05, 4.69) is 33.6 Å². The molecule has 1 aliphatic rings. The normalized spacial score (nSPS) is 13.2. The number of thiophene rings is 1. The zero-order valence-corrected chi connectivity index (χ0v) is 29.7. The SMILES string of the molecule is [CH2-]CC[C@H]([C-]=O)Nc1nc(S(=O)(=O)CC)nc2c(Cl)c(-c3ccc(F)c4sc(NC(=O)OC(C)(C)C)c(C#N)c34)c3c(c12)COC3.[CH3-].[Li+]. The topological polar surface area (TPSA) is 160 Å². The second kappa shape index (κ2) is 15.1. The van der Waals surface area contributed by atoms with Crippen molar-refractivity contribution >= 4 is 77.0 Å². The molecular weight excluding hydrogens is 676 g/mol. The average molecular weight is 708 g/mol. The third-order valence-electron chi connectivity index (χ3n) is 7.17. The Morgan fingerprint density at radius 2 is 1.96 bits per heavy atom. The molecule has 3 heterocycles. The molecule has 5 rings (SSSR count). The molecule has 2 aromatic heterocycles. The Labute approximate surface area is 299 Å². The molecule has 4 aromatic rings. The predicted molar refractivity (Wildman–Crippen MR) is 180 cm³/mol. The van der Waals surface area contributed by atoms with Crippen LogP contribution in [-0.2, 0) is 37.3 Å². The van der Waals surface area contributed by atoms with Crippen LogP contribution in [0.2, 0.25) is 5.02 Å². The van der Waals surface area contributed by atoms with Gasteiger partial charge in [-0.25, -0.2) is 33.9 Å². The van der Waals surface area contributed by atoms with Gasteiger partial charge in [-0.1, -0.05) is 37.1 Å². The molecule has 250 valence electrons. The van der Waals surface area contributed by atoms with Gasteiger partial charge in [0.1, 0.15) is 28.3 Å². The van der Waals surface area contributed by atoms with Crippen molar-refractivity contribution in [1.82, 2.24) is 9.97 Å². The third kappa shape index (κ3) is 7.32. The fraction of sp³-hybridized carbons (Fsp3) is 0.344. The monoisotopic (exact) mass is 707 g/mol. The van der Waals surface area contributed by atoms with Gasteiger partial charge in [0.15, 0.2) is 0 Å². The van der Waals surface area contributed by atoms with E-state index in [9.17, 15) is 23.3 Å². The van der Waals surface area contributed by atoms with Gasteiger partial charge in [-0.2, -0.15) is 11.7 Å². The van der Waals surface area contributed by atoms with Crippen molar-refractivity contribution in [2.45, 2.75) is 70.5 Å². The summed E-state index contributed by atoms with van der Waals surface area (Å²) >= 11 is 7.98. The van der Waals surface area contributed by atoms with Gasteiger partial charge in [0.2, 0.25) is 15.0 Å². The molecule has 2 aromatic carbocycles. The van der Waals surface area contributed by atoms with Crippen molar-refractivity contribution in [1.29, 1.82) is 5.26 Å². The van der Waals surface area contributed by atoms with Gasteiger partial charge in [-0.3, -0.25) is 5.32 Å². The zero-order chi connectivity index (χ0) is 33.6. The summed E-state index contributed by atoms with van der Waals surface area (Å²) in [6, 6.07) is 3.91. The summed E-state index contributed by atoms with van der Waals surface area (Å²) < 4.78 is 52.6. The minimum atomic E-state index is -3.95. The van der Waals surface area contributed by atoms with E-state index in [1.165, 1.54) is 19.1 Å². The molecule has 0 radical (unpaired) electrons. The minimum Gasteiger partial charge on any atom is -0.540 e. The molecule has 0 spiro atoms. The molecule has 0 saturated heterocycles. The molecule has 0 unspecified atom stereocenters. The van der Waals surface area contributed by atoms with Crippen molar-refractivity contribution in [2.24, 2.45) is 0 Å². The molecule has 1 amide bonds. The fourth-order valence-electron chi connectivity index (χ4n) is 5.17. The summed E-state index contributed by atoms with van der Waals surface area (Å²) in [4.78, 5) is 33.1. The number of nitriles is 1. The number of nitrogens with one attached hydrogen (secondary N) is 2. The second-order valence-electron chi connectivity index (χ2n) is 11.4. The van der Waals surface area contributed by atoms with Crippen molar-refractivity contribution in [3.63, 3.8) is 0 Å². The number of anilines is 2. The van der Waals surface area contributed by atoms with E-state index in [0.717, 1.165) is 11.3 Å². The van der Waals surface area contributed by atoms with E-state index in [-0.39, 0.29) is 82.3 Å². The first kappa shape index (κ1) is 39.1. The molecule has 1 atom stereocenters. The maximum Gasteiger partial charge on any atom is 1.00 e. The standard InChI is InChI=1S/C31H29ClFN5O6S2.CH3.Li/c1-6-8-15(12-39)35-27-23-19-14-43-13-18(19)21(24(32)25(23)36-29(37-27)46(41,42)7-2)16-9-10-20(33)26-22(16)17(11-34)28(45-26)38-30(40)44-31(3,4)5;;/h9-10,15H,1,6-8,13-14H2,2-5H3,(H,38,40)(H,35,36,37);1H3;/q-2;-1;+1/t15-;;/m1../s1. The molecule has 16 heteroatoms. The number of amides is 1. The van der Waals surface area contributed by atoms with Gasteiger partial charge in [0.05, 0.1) is 45.2 Å². The van der Waals surface area contributed by atoms with Gasteiger partial charge >= 0.3 is 25.0 Å². The summed E-state index contributed by atoms with van der Waals surface area (Å²) in [6.45, 7) is 10.4. The number of benzene rings is 2. The van der Waals surface area contributed by atoms with Crippen LogP contribution >= 0.6 is 22.9 Å². The maximum absolute atomic E-state index is 15.3. The average Bonchev–Trinajstić information content (AvgIpc) is 3.62. The molecular formula is C32H32ClFLiN5O6S2-2. The van der Waals surface area contributed by atoms with E-state index in [1.54, 1.807) is 20.8 Å². The second-order valence-corrected chi connectivity index (χ2v) is 15.0. The van der Waals surface area contributed by atoms with Crippen molar-refractivity contribution in [3.05, 3.63) is 54.0 Å². The Bertz CT molecular complexity index is 2060. The van der Waals surface area contributed by atoms with Crippen LogP contribution in [0.15, 0.2) is 17.3 Å². The van der Waals surface area contributed by atoms with Gasteiger partial charge in [-0.15, -0.1) is 11.3 Å².